The fourth-order valence-electron chi connectivity index (χ4n) is 3.11. The van der Waals surface area contributed by atoms with Gasteiger partial charge in [0, 0.05) is 0 Å². The van der Waals surface area contributed by atoms with E-state index in [0.717, 1.165) is 0 Å². The molecule has 10 nitrogen and oxygen atoms in total. The molecule has 4 atom stereocenters. The second-order valence-electron chi connectivity index (χ2n) is 6.10. The number of methoxy groups -OCH3 is 1. The molecule has 1 aliphatic heterocycles. The summed E-state index contributed by atoms with van der Waals surface area (Å²) in [5, 5.41) is 32.7. The Hall–Kier alpha value is -2.79. The standard InChI is InChI=1S/C17H19N5O5/c1-26-10-5-3-2-4-9(10)21-15-12-16(19-7-18-15)22(8-20-12)17-14(25)13(24)11(6-23)27-17/h2-5,7-8,11,13-14,17,23-25H,6H2,1H3,(H,18,19,21). The lowest BCUT2D eigenvalue weighted by Gasteiger charge is -2.16. The maximum Gasteiger partial charge on any atom is 0.167 e. The van der Waals surface area contributed by atoms with E-state index in [1.54, 1.807) is 7.11 Å². The Morgan fingerprint density at radius 1 is 1.19 bits per heavy atom. The maximum atomic E-state index is 10.3. The third kappa shape index (κ3) is 2.98. The highest BCUT2D eigenvalue weighted by Gasteiger charge is 2.44. The minimum absolute atomic E-state index is 0.406. The number of fused-ring (bicyclic) bond motifs is 1. The predicted molar refractivity (Wildman–Crippen MR) is 94.6 cm³/mol. The average molecular weight is 373 g/mol. The van der Waals surface area contributed by atoms with E-state index in [1.165, 1.54) is 17.2 Å². The van der Waals surface area contributed by atoms with Crippen molar-refractivity contribution in [3.8, 4) is 5.75 Å². The van der Waals surface area contributed by atoms with Crippen molar-refractivity contribution in [2.75, 3.05) is 19.0 Å². The summed E-state index contributed by atoms with van der Waals surface area (Å²) in [6.45, 7) is -0.406. The second kappa shape index (κ2) is 7.08. The van der Waals surface area contributed by atoms with Gasteiger partial charge in [0.25, 0.3) is 0 Å². The van der Waals surface area contributed by atoms with Crippen molar-refractivity contribution in [3.63, 3.8) is 0 Å². The van der Waals surface area contributed by atoms with Gasteiger partial charge >= 0.3 is 0 Å². The molecule has 1 fully saturated rings. The van der Waals surface area contributed by atoms with Crippen LogP contribution in [0.2, 0.25) is 0 Å². The fraction of sp³-hybridized carbons (Fsp3) is 0.353. The molecule has 142 valence electrons. The van der Waals surface area contributed by atoms with Crippen molar-refractivity contribution in [2.45, 2.75) is 24.5 Å². The van der Waals surface area contributed by atoms with Crippen LogP contribution in [0.25, 0.3) is 11.2 Å². The van der Waals surface area contributed by atoms with Crippen molar-refractivity contribution in [1.82, 2.24) is 19.5 Å². The Kier molecular flexibility index (Phi) is 4.62. The number of hydrogen-bond donors (Lipinski definition) is 4. The first-order chi connectivity index (χ1) is 13.1. The van der Waals surface area contributed by atoms with Crippen LogP contribution in [0.15, 0.2) is 36.9 Å². The summed E-state index contributed by atoms with van der Waals surface area (Å²) in [4.78, 5) is 12.8. The Morgan fingerprint density at radius 3 is 2.74 bits per heavy atom. The minimum Gasteiger partial charge on any atom is -0.495 e. The van der Waals surface area contributed by atoms with Gasteiger partial charge in [-0.25, -0.2) is 15.0 Å². The third-order valence-corrected chi connectivity index (χ3v) is 4.51. The van der Waals surface area contributed by atoms with Crippen LogP contribution in [-0.2, 0) is 4.74 Å². The molecular formula is C17H19N5O5. The summed E-state index contributed by atoms with van der Waals surface area (Å²) in [7, 11) is 1.58. The van der Waals surface area contributed by atoms with E-state index >= 15 is 0 Å². The highest BCUT2D eigenvalue weighted by Crippen LogP contribution is 2.33. The first-order valence-electron chi connectivity index (χ1n) is 8.34. The van der Waals surface area contributed by atoms with Crippen LogP contribution < -0.4 is 10.1 Å². The van der Waals surface area contributed by atoms with Crippen molar-refractivity contribution < 1.29 is 24.8 Å². The number of imidazole rings is 1. The van der Waals surface area contributed by atoms with Crippen molar-refractivity contribution in [2.24, 2.45) is 0 Å². The number of nitrogens with one attached hydrogen (secondary N) is 1. The first-order valence-corrected chi connectivity index (χ1v) is 8.34. The zero-order chi connectivity index (χ0) is 19.0. The summed E-state index contributed by atoms with van der Waals surface area (Å²) < 4.78 is 12.4. The molecule has 0 radical (unpaired) electrons. The van der Waals surface area contributed by atoms with Crippen LogP contribution in [0.1, 0.15) is 6.23 Å². The number of aliphatic hydroxyl groups excluding tert-OH is 3. The number of aromatic nitrogens is 4. The summed E-state index contributed by atoms with van der Waals surface area (Å²) in [6, 6.07) is 7.38. The molecule has 0 saturated carbocycles. The molecule has 4 N–H and O–H groups in total. The van der Waals surface area contributed by atoms with E-state index < -0.39 is 31.1 Å². The summed E-state index contributed by atoms with van der Waals surface area (Å²) in [6.07, 6.45) is -1.41. The average Bonchev–Trinajstić information content (AvgIpc) is 3.24. The van der Waals surface area contributed by atoms with E-state index in [1.807, 2.05) is 24.3 Å². The van der Waals surface area contributed by atoms with E-state index in [9.17, 15) is 15.3 Å². The molecule has 0 aliphatic carbocycles. The SMILES string of the molecule is COc1ccccc1Nc1ncnc2c1ncn2C1OC(CO)C(O)C1O. The van der Waals surface area contributed by atoms with E-state index in [0.29, 0.717) is 28.4 Å². The monoisotopic (exact) mass is 373 g/mol. The largest absolute Gasteiger partial charge is 0.495 e. The summed E-state index contributed by atoms with van der Waals surface area (Å²) in [5.41, 5.74) is 1.58. The van der Waals surface area contributed by atoms with Crippen LogP contribution in [0.4, 0.5) is 11.5 Å². The molecule has 2 aromatic heterocycles. The molecule has 10 heteroatoms. The molecule has 27 heavy (non-hydrogen) atoms. The van der Waals surface area contributed by atoms with Crippen LogP contribution >= 0.6 is 0 Å². The van der Waals surface area contributed by atoms with Crippen molar-refractivity contribution in [1.29, 1.82) is 0 Å². The van der Waals surface area contributed by atoms with Crippen LogP contribution in [0.5, 0.6) is 5.75 Å². The summed E-state index contributed by atoms with van der Waals surface area (Å²) in [5.74, 6) is 1.10. The molecular weight excluding hydrogens is 354 g/mol. The van der Waals surface area contributed by atoms with E-state index in [2.05, 4.69) is 20.3 Å². The second-order valence-corrected chi connectivity index (χ2v) is 6.10. The van der Waals surface area contributed by atoms with Gasteiger partial charge < -0.3 is 30.1 Å². The first kappa shape index (κ1) is 17.6. The molecule has 0 bridgehead atoms. The third-order valence-electron chi connectivity index (χ3n) is 4.51. The van der Waals surface area contributed by atoms with Gasteiger partial charge in [0.15, 0.2) is 23.2 Å². The van der Waals surface area contributed by atoms with E-state index in [-0.39, 0.29) is 0 Å². The highest BCUT2D eigenvalue weighted by atomic mass is 16.6. The molecule has 3 heterocycles. The van der Waals surface area contributed by atoms with Gasteiger partial charge in [-0.3, -0.25) is 4.57 Å². The van der Waals surface area contributed by atoms with Crippen molar-refractivity contribution in [3.05, 3.63) is 36.9 Å². The van der Waals surface area contributed by atoms with Crippen molar-refractivity contribution >= 4 is 22.7 Å². The van der Waals surface area contributed by atoms with Gasteiger partial charge in [-0.15, -0.1) is 0 Å². The highest BCUT2D eigenvalue weighted by molar-refractivity contribution is 5.86. The molecule has 1 aliphatic rings. The minimum atomic E-state index is -1.22. The zero-order valence-corrected chi connectivity index (χ0v) is 14.4. The van der Waals surface area contributed by atoms with Gasteiger partial charge in [0.2, 0.25) is 0 Å². The lowest BCUT2D eigenvalue weighted by Crippen LogP contribution is -2.33. The fourth-order valence-corrected chi connectivity index (χ4v) is 3.11. The van der Waals surface area contributed by atoms with Gasteiger partial charge in [0.1, 0.15) is 30.4 Å². The lowest BCUT2D eigenvalue weighted by atomic mass is 10.1. The van der Waals surface area contributed by atoms with Crippen LogP contribution in [0.3, 0.4) is 0 Å². The molecule has 0 amide bonds. The van der Waals surface area contributed by atoms with Gasteiger partial charge in [0.05, 0.1) is 25.7 Å². The molecule has 4 rings (SSSR count). The molecule has 0 spiro atoms. The number of nitrogens with zero attached hydrogens (tertiary/aromatic N) is 4. The van der Waals surface area contributed by atoms with Gasteiger partial charge in [-0.05, 0) is 12.1 Å². The van der Waals surface area contributed by atoms with Crippen LogP contribution in [0, 0.1) is 0 Å². The molecule has 3 aromatic rings. The Balaban J connectivity index is 1.70. The number of rotatable bonds is 5. The lowest BCUT2D eigenvalue weighted by molar-refractivity contribution is -0.0511. The summed E-state index contributed by atoms with van der Waals surface area (Å²) >= 11 is 0. The molecule has 1 saturated heterocycles. The number of hydrogen-bond acceptors (Lipinski definition) is 9. The zero-order valence-electron chi connectivity index (χ0n) is 14.4. The predicted octanol–water partition coefficient (Wildman–Crippen LogP) is 0.190. The number of anilines is 2. The molecule has 4 unspecified atom stereocenters. The van der Waals surface area contributed by atoms with Gasteiger partial charge in [-0.1, -0.05) is 12.1 Å². The number of para-hydroxylation sites is 2. The Morgan fingerprint density at radius 2 is 2.00 bits per heavy atom. The number of aliphatic hydroxyl groups is 3. The number of benzene rings is 1. The number of ether oxygens (including phenoxy) is 2. The quantitative estimate of drug-likeness (QED) is 0.494. The Labute approximate surface area is 154 Å². The van der Waals surface area contributed by atoms with Gasteiger partial charge in [-0.2, -0.15) is 0 Å². The van der Waals surface area contributed by atoms with E-state index in [4.69, 9.17) is 9.47 Å². The van der Waals surface area contributed by atoms with Crippen LogP contribution in [-0.4, -0.2) is 66.9 Å². The topological polar surface area (TPSA) is 135 Å². The molecule has 1 aromatic carbocycles. The smallest absolute Gasteiger partial charge is 0.167 e. The normalized spacial score (nSPS) is 25.0. The maximum absolute atomic E-state index is 10.3. The Bertz CT molecular complexity index is 948.